The molecule has 1 aliphatic carbocycles. The van der Waals surface area contributed by atoms with E-state index in [2.05, 4.69) is 10.2 Å². The van der Waals surface area contributed by atoms with Gasteiger partial charge >= 0.3 is 0 Å². The third kappa shape index (κ3) is 3.08. The van der Waals surface area contributed by atoms with Crippen LogP contribution < -0.4 is 4.74 Å². The van der Waals surface area contributed by atoms with Gasteiger partial charge in [-0.3, -0.25) is 10.1 Å². The Hall–Kier alpha value is -2.44. The van der Waals surface area contributed by atoms with Crippen LogP contribution in [0.5, 0.6) is 5.75 Å². The van der Waals surface area contributed by atoms with Crippen molar-refractivity contribution in [1.29, 1.82) is 0 Å². The van der Waals surface area contributed by atoms with E-state index in [0.29, 0.717) is 17.2 Å². The van der Waals surface area contributed by atoms with Crippen molar-refractivity contribution in [3.05, 3.63) is 46.2 Å². The van der Waals surface area contributed by atoms with E-state index in [1.807, 2.05) is 0 Å². The van der Waals surface area contributed by atoms with Gasteiger partial charge in [0.25, 0.3) is 5.69 Å². The maximum atomic E-state index is 11.0. The second-order valence-corrected chi connectivity index (χ2v) is 5.57. The molecule has 0 spiro atoms. The van der Waals surface area contributed by atoms with Gasteiger partial charge in [0.15, 0.2) is 0 Å². The number of ether oxygens (including phenoxy) is 1. The highest BCUT2D eigenvalue weighted by Crippen LogP contribution is 2.34. The lowest BCUT2D eigenvalue weighted by molar-refractivity contribution is -0.385. The Morgan fingerprint density at radius 3 is 2.73 bits per heavy atom. The summed E-state index contributed by atoms with van der Waals surface area (Å²) in [4.78, 5) is 10.6. The van der Waals surface area contributed by atoms with Gasteiger partial charge in [0.05, 0.1) is 17.1 Å². The first-order chi connectivity index (χ1) is 10.6. The molecule has 1 fully saturated rings. The fourth-order valence-corrected chi connectivity index (χ4v) is 2.84. The largest absolute Gasteiger partial charge is 0.490 e. The molecule has 7 nitrogen and oxygen atoms in total. The number of aromatic nitrogens is 2. The van der Waals surface area contributed by atoms with E-state index < -0.39 is 0 Å². The zero-order chi connectivity index (χ0) is 15.5. The average molecular weight is 303 g/mol. The molecule has 0 N–H and O–H groups in total. The number of hydrogen-bond acceptors (Lipinski definition) is 6. The molecule has 1 aromatic heterocycles. The average Bonchev–Trinajstić information content (AvgIpc) is 3.04. The number of rotatable bonds is 4. The Balaban J connectivity index is 1.61. The molecule has 22 heavy (non-hydrogen) atoms. The molecule has 1 aromatic carbocycles. The van der Waals surface area contributed by atoms with Gasteiger partial charge in [0.2, 0.25) is 12.3 Å². The van der Waals surface area contributed by atoms with Crippen molar-refractivity contribution >= 4 is 5.69 Å². The van der Waals surface area contributed by atoms with Crippen LogP contribution in [0.2, 0.25) is 0 Å². The molecule has 0 atom stereocenters. The number of benzene rings is 1. The predicted octanol–water partition coefficient (Wildman–Crippen LogP) is 3.39. The summed E-state index contributed by atoms with van der Waals surface area (Å²) in [5.41, 5.74) is 0.731. The minimum absolute atomic E-state index is 0.0708. The van der Waals surface area contributed by atoms with Crippen LogP contribution in [-0.2, 0) is 0 Å². The second-order valence-electron chi connectivity index (χ2n) is 5.57. The molecule has 2 aromatic rings. The Morgan fingerprint density at radius 2 is 2.09 bits per heavy atom. The molecule has 0 unspecified atom stereocenters. The zero-order valence-electron chi connectivity index (χ0n) is 12.3. The van der Waals surface area contributed by atoms with E-state index in [1.165, 1.54) is 12.5 Å². The molecule has 0 bridgehead atoms. The summed E-state index contributed by atoms with van der Waals surface area (Å²) < 4.78 is 11.1. The first-order valence-electron chi connectivity index (χ1n) is 7.31. The van der Waals surface area contributed by atoms with E-state index in [0.717, 1.165) is 25.7 Å². The highest BCUT2D eigenvalue weighted by Gasteiger charge is 2.27. The molecule has 3 rings (SSSR count). The van der Waals surface area contributed by atoms with E-state index >= 15 is 0 Å². The van der Waals surface area contributed by atoms with Crippen molar-refractivity contribution < 1.29 is 14.1 Å². The lowest BCUT2D eigenvalue weighted by atomic mass is 9.87. The highest BCUT2D eigenvalue weighted by atomic mass is 16.6. The van der Waals surface area contributed by atoms with Gasteiger partial charge in [-0.05, 0) is 44.7 Å². The molecule has 1 heterocycles. The number of aryl methyl sites for hydroxylation is 1. The SMILES string of the molecule is Cc1ccc(OC2CCC(c3nnco3)CC2)cc1[N+](=O)[O-]. The van der Waals surface area contributed by atoms with Crippen LogP contribution in [0.3, 0.4) is 0 Å². The first kappa shape index (κ1) is 14.5. The summed E-state index contributed by atoms with van der Waals surface area (Å²) in [5.74, 6) is 1.53. The molecule has 116 valence electrons. The lowest BCUT2D eigenvalue weighted by Crippen LogP contribution is -2.23. The molecular formula is C15H17N3O4. The van der Waals surface area contributed by atoms with E-state index in [9.17, 15) is 10.1 Å². The summed E-state index contributed by atoms with van der Waals surface area (Å²) in [6.45, 7) is 1.72. The van der Waals surface area contributed by atoms with Crippen molar-refractivity contribution in [2.24, 2.45) is 0 Å². The Morgan fingerprint density at radius 1 is 1.32 bits per heavy atom. The molecule has 0 amide bonds. The van der Waals surface area contributed by atoms with Crippen LogP contribution in [-0.4, -0.2) is 21.2 Å². The Bertz CT molecular complexity index is 649. The topological polar surface area (TPSA) is 91.3 Å². The van der Waals surface area contributed by atoms with Crippen LogP contribution in [0.15, 0.2) is 29.0 Å². The molecule has 0 saturated heterocycles. The zero-order valence-corrected chi connectivity index (χ0v) is 12.3. The van der Waals surface area contributed by atoms with Crippen LogP contribution in [0.1, 0.15) is 43.1 Å². The normalized spacial score (nSPS) is 21.5. The third-order valence-electron chi connectivity index (χ3n) is 4.08. The highest BCUT2D eigenvalue weighted by molar-refractivity contribution is 5.45. The minimum Gasteiger partial charge on any atom is -0.490 e. The fourth-order valence-electron chi connectivity index (χ4n) is 2.84. The van der Waals surface area contributed by atoms with E-state index in [4.69, 9.17) is 9.15 Å². The molecule has 1 aliphatic rings. The molecule has 0 radical (unpaired) electrons. The Kier molecular flexibility index (Phi) is 4.04. The predicted molar refractivity (Wildman–Crippen MR) is 77.8 cm³/mol. The van der Waals surface area contributed by atoms with Crippen LogP contribution in [0.4, 0.5) is 5.69 Å². The summed E-state index contributed by atoms with van der Waals surface area (Å²) in [7, 11) is 0. The standard InChI is InChI=1S/C15H17N3O4/c1-10-2-5-13(8-14(10)18(19)20)22-12-6-3-11(4-7-12)15-17-16-9-21-15/h2,5,8-9,11-12H,3-4,6-7H2,1H3. The van der Waals surface area contributed by atoms with Crippen molar-refractivity contribution in [3.63, 3.8) is 0 Å². The lowest BCUT2D eigenvalue weighted by Gasteiger charge is -2.27. The number of hydrogen-bond donors (Lipinski definition) is 0. The summed E-state index contributed by atoms with van der Waals surface area (Å²) in [6.07, 6.45) is 5.00. The summed E-state index contributed by atoms with van der Waals surface area (Å²) >= 11 is 0. The van der Waals surface area contributed by atoms with Gasteiger partial charge in [0, 0.05) is 11.5 Å². The summed E-state index contributed by atoms with van der Waals surface area (Å²) in [5, 5.41) is 18.6. The van der Waals surface area contributed by atoms with Crippen LogP contribution in [0, 0.1) is 17.0 Å². The second kappa shape index (κ2) is 6.13. The minimum atomic E-state index is -0.380. The maximum Gasteiger partial charge on any atom is 0.276 e. The van der Waals surface area contributed by atoms with Gasteiger partial charge in [0.1, 0.15) is 5.75 Å². The smallest absolute Gasteiger partial charge is 0.276 e. The first-order valence-corrected chi connectivity index (χ1v) is 7.31. The van der Waals surface area contributed by atoms with Crippen molar-refractivity contribution in [2.45, 2.75) is 44.6 Å². The summed E-state index contributed by atoms with van der Waals surface area (Å²) in [6, 6.07) is 5.00. The molecule has 0 aliphatic heterocycles. The van der Waals surface area contributed by atoms with Gasteiger partial charge < -0.3 is 9.15 Å². The van der Waals surface area contributed by atoms with E-state index in [-0.39, 0.29) is 22.6 Å². The molecule has 7 heteroatoms. The van der Waals surface area contributed by atoms with Crippen molar-refractivity contribution in [3.8, 4) is 5.75 Å². The monoisotopic (exact) mass is 303 g/mol. The quantitative estimate of drug-likeness (QED) is 0.635. The molecular weight excluding hydrogens is 286 g/mol. The van der Waals surface area contributed by atoms with Gasteiger partial charge in [-0.15, -0.1) is 10.2 Å². The maximum absolute atomic E-state index is 11.0. The van der Waals surface area contributed by atoms with Crippen molar-refractivity contribution in [2.75, 3.05) is 0 Å². The van der Waals surface area contributed by atoms with Crippen LogP contribution in [0.25, 0.3) is 0 Å². The number of nitro groups is 1. The van der Waals surface area contributed by atoms with E-state index in [1.54, 1.807) is 19.1 Å². The molecule has 1 saturated carbocycles. The fraction of sp³-hybridized carbons (Fsp3) is 0.467. The third-order valence-corrected chi connectivity index (χ3v) is 4.08. The number of nitrogens with zero attached hydrogens (tertiary/aromatic N) is 3. The van der Waals surface area contributed by atoms with Crippen LogP contribution >= 0.6 is 0 Å². The van der Waals surface area contributed by atoms with Gasteiger partial charge in [-0.1, -0.05) is 0 Å². The number of nitro benzene ring substituents is 1. The van der Waals surface area contributed by atoms with Gasteiger partial charge in [-0.25, -0.2) is 0 Å². The van der Waals surface area contributed by atoms with Crippen molar-refractivity contribution in [1.82, 2.24) is 10.2 Å². The van der Waals surface area contributed by atoms with Gasteiger partial charge in [-0.2, -0.15) is 0 Å². The Labute approximate surface area is 127 Å².